The number of unbranched alkanes of at least 4 members (excludes halogenated alkanes) is 50. The summed E-state index contributed by atoms with van der Waals surface area (Å²) in [5, 5.41) is 23.1. The monoisotopic (exact) mass is 990 g/mol. The Balaban J connectivity index is 3.28. The van der Waals surface area contributed by atoms with Gasteiger partial charge in [0.05, 0.1) is 25.4 Å². The summed E-state index contributed by atoms with van der Waals surface area (Å²) < 4.78 is 5.50. The van der Waals surface area contributed by atoms with Crippen molar-refractivity contribution in [2.45, 2.75) is 386 Å². The van der Waals surface area contributed by atoms with Gasteiger partial charge >= 0.3 is 5.97 Å². The highest BCUT2D eigenvalue weighted by atomic mass is 16.5. The van der Waals surface area contributed by atoms with E-state index in [1.807, 2.05) is 0 Å². The first kappa shape index (κ1) is 68.9. The molecule has 6 heteroatoms. The summed E-state index contributed by atoms with van der Waals surface area (Å²) in [5.41, 5.74) is 0. The fraction of sp³-hybridized carbons (Fsp3) is 0.969. The molecular weight excluding hydrogens is 863 g/mol. The molecule has 1 amide bonds. The van der Waals surface area contributed by atoms with Crippen molar-refractivity contribution in [1.29, 1.82) is 0 Å². The van der Waals surface area contributed by atoms with Gasteiger partial charge in [0.1, 0.15) is 0 Å². The molecule has 418 valence electrons. The van der Waals surface area contributed by atoms with Crippen LogP contribution in [0.5, 0.6) is 0 Å². The summed E-state index contributed by atoms with van der Waals surface area (Å²) in [7, 11) is 0. The third-order valence-electron chi connectivity index (χ3n) is 15.4. The molecular formula is C64H127NO5. The second kappa shape index (κ2) is 60.4. The molecule has 0 radical (unpaired) electrons. The average molecular weight is 991 g/mol. The molecule has 2 unspecified atom stereocenters. The lowest BCUT2D eigenvalue weighted by atomic mass is 10.0. The number of rotatable bonds is 61. The Morgan fingerprint density at radius 1 is 0.343 bits per heavy atom. The number of hydrogen-bond acceptors (Lipinski definition) is 5. The third kappa shape index (κ3) is 56.2. The molecule has 0 aromatic heterocycles. The number of carbonyl (C=O) groups is 2. The summed E-state index contributed by atoms with van der Waals surface area (Å²) in [6.45, 7) is 4.97. The molecule has 0 spiro atoms. The number of esters is 1. The first-order chi connectivity index (χ1) is 34.5. The molecule has 0 rings (SSSR count). The number of ether oxygens (including phenoxy) is 1. The highest BCUT2D eigenvalue weighted by Gasteiger charge is 2.20. The van der Waals surface area contributed by atoms with Gasteiger partial charge in [0.25, 0.3) is 0 Å². The minimum atomic E-state index is -0.658. The van der Waals surface area contributed by atoms with E-state index in [1.165, 1.54) is 302 Å². The lowest BCUT2D eigenvalue weighted by Crippen LogP contribution is -2.45. The Labute approximate surface area is 438 Å². The van der Waals surface area contributed by atoms with Crippen LogP contribution in [0.15, 0.2) is 0 Å². The number of aliphatic hydroxyl groups is 2. The minimum absolute atomic E-state index is 0.0232. The van der Waals surface area contributed by atoms with E-state index in [2.05, 4.69) is 19.2 Å². The van der Waals surface area contributed by atoms with Gasteiger partial charge in [-0.2, -0.15) is 0 Å². The van der Waals surface area contributed by atoms with Crippen LogP contribution < -0.4 is 5.32 Å². The Hall–Kier alpha value is -1.14. The van der Waals surface area contributed by atoms with Crippen molar-refractivity contribution in [2.24, 2.45) is 0 Å². The SMILES string of the molecule is CCCCCCCCCCCCCCCCCC(=O)OCCCCCCCCCCCCCCCCCCCCCCCCCCCCCCCC(=O)NC(CO)C(O)CCCCCCCCCCC. The molecule has 0 fully saturated rings. The van der Waals surface area contributed by atoms with Crippen LogP contribution in [0.2, 0.25) is 0 Å². The highest BCUT2D eigenvalue weighted by molar-refractivity contribution is 5.76. The fourth-order valence-corrected chi connectivity index (χ4v) is 10.5. The third-order valence-corrected chi connectivity index (χ3v) is 15.4. The molecule has 0 saturated heterocycles. The number of aliphatic hydroxyl groups excluding tert-OH is 2. The Morgan fingerprint density at radius 3 is 0.871 bits per heavy atom. The predicted octanol–water partition coefficient (Wildman–Crippen LogP) is 20.3. The summed E-state index contributed by atoms with van der Waals surface area (Å²) in [4.78, 5) is 24.5. The van der Waals surface area contributed by atoms with Crippen LogP contribution >= 0.6 is 0 Å². The van der Waals surface area contributed by atoms with Gasteiger partial charge in [-0.1, -0.05) is 335 Å². The number of nitrogens with one attached hydrogen (secondary N) is 1. The molecule has 2 atom stereocenters. The zero-order valence-corrected chi connectivity index (χ0v) is 47.8. The van der Waals surface area contributed by atoms with Crippen LogP contribution in [0.1, 0.15) is 373 Å². The summed E-state index contributed by atoms with van der Waals surface area (Å²) in [6.07, 6.45) is 71.5. The van der Waals surface area contributed by atoms with Crippen LogP contribution in [-0.2, 0) is 14.3 Å². The molecule has 0 heterocycles. The van der Waals surface area contributed by atoms with Gasteiger partial charge in [0.15, 0.2) is 0 Å². The van der Waals surface area contributed by atoms with E-state index in [-0.39, 0.29) is 18.5 Å². The van der Waals surface area contributed by atoms with Crippen molar-refractivity contribution in [3.05, 3.63) is 0 Å². The van der Waals surface area contributed by atoms with E-state index in [1.54, 1.807) is 0 Å². The van der Waals surface area contributed by atoms with Crippen molar-refractivity contribution >= 4 is 11.9 Å². The highest BCUT2D eigenvalue weighted by Crippen LogP contribution is 2.19. The smallest absolute Gasteiger partial charge is 0.305 e. The molecule has 3 N–H and O–H groups in total. The van der Waals surface area contributed by atoms with Gasteiger partial charge < -0.3 is 20.3 Å². The predicted molar refractivity (Wildman–Crippen MR) is 306 cm³/mol. The van der Waals surface area contributed by atoms with Gasteiger partial charge in [0, 0.05) is 12.8 Å². The Kier molecular flexibility index (Phi) is 59.4. The molecule has 0 aliphatic rings. The van der Waals surface area contributed by atoms with Gasteiger partial charge in [-0.15, -0.1) is 0 Å². The molecule has 0 saturated carbocycles. The Morgan fingerprint density at radius 2 is 0.586 bits per heavy atom. The van der Waals surface area contributed by atoms with Gasteiger partial charge in [-0.05, 0) is 25.7 Å². The zero-order chi connectivity index (χ0) is 50.7. The summed E-state index contributed by atoms with van der Waals surface area (Å²) >= 11 is 0. The molecule has 0 aromatic rings. The minimum Gasteiger partial charge on any atom is -0.466 e. The molecule has 0 aliphatic heterocycles. The van der Waals surface area contributed by atoms with E-state index < -0.39 is 12.1 Å². The first-order valence-electron chi connectivity index (χ1n) is 32.3. The van der Waals surface area contributed by atoms with E-state index in [0.717, 1.165) is 38.5 Å². The van der Waals surface area contributed by atoms with Gasteiger partial charge in [-0.3, -0.25) is 9.59 Å². The number of hydrogen-bond donors (Lipinski definition) is 3. The molecule has 0 aliphatic carbocycles. The lowest BCUT2D eigenvalue weighted by Gasteiger charge is -2.22. The molecule has 6 nitrogen and oxygen atoms in total. The fourth-order valence-electron chi connectivity index (χ4n) is 10.5. The van der Waals surface area contributed by atoms with E-state index in [9.17, 15) is 19.8 Å². The standard InChI is InChI=1S/C64H127NO5/c1-3-5-7-9-11-13-14-15-31-35-38-42-46-50-54-58-64(69)70-59-55-51-47-43-39-36-33-30-28-26-24-22-20-18-16-17-19-21-23-25-27-29-32-34-37-41-45-49-53-57-63(68)65-61(60-66)62(67)56-52-48-44-40-12-10-8-6-4-2/h61-62,66-67H,3-60H2,1-2H3,(H,65,68). The van der Waals surface area contributed by atoms with Crippen molar-refractivity contribution in [3.63, 3.8) is 0 Å². The van der Waals surface area contributed by atoms with Crippen LogP contribution in [0.3, 0.4) is 0 Å². The average Bonchev–Trinajstić information content (AvgIpc) is 3.36. The second-order valence-corrected chi connectivity index (χ2v) is 22.5. The largest absolute Gasteiger partial charge is 0.466 e. The first-order valence-corrected chi connectivity index (χ1v) is 32.3. The van der Waals surface area contributed by atoms with Crippen molar-refractivity contribution in [1.82, 2.24) is 5.32 Å². The van der Waals surface area contributed by atoms with Crippen LogP contribution in [0, 0.1) is 0 Å². The van der Waals surface area contributed by atoms with Crippen LogP contribution in [0.25, 0.3) is 0 Å². The molecule has 0 bridgehead atoms. The molecule has 0 aromatic carbocycles. The number of amides is 1. The zero-order valence-electron chi connectivity index (χ0n) is 47.8. The molecule has 70 heavy (non-hydrogen) atoms. The van der Waals surface area contributed by atoms with Crippen LogP contribution in [0.4, 0.5) is 0 Å². The topological polar surface area (TPSA) is 95.9 Å². The maximum atomic E-state index is 12.4. The van der Waals surface area contributed by atoms with Gasteiger partial charge in [0.2, 0.25) is 5.91 Å². The van der Waals surface area contributed by atoms with Crippen molar-refractivity contribution < 1.29 is 24.5 Å². The van der Waals surface area contributed by atoms with E-state index >= 15 is 0 Å². The second-order valence-electron chi connectivity index (χ2n) is 22.5. The summed E-state index contributed by atoms with van der Waals surface area (Å²) in [6, 6.07) is -0.535. The maximum Gasteiger partial charge on any atom is 0.305 e. The quantitative estimate of drug-likeness (QED) is 0.0417. The Bertz CT molecular complexity index is 1010. The lowest BCUT2D eigenvalue weighted by molar-refractivity contribution is -0.143. The maximum absolute atomic E-state index is 12.4. The normalized spacial score (nSPS) is 12.5. The van der Waals surface area contributed by atoms with Gasteiger partial charge in [-0.25, -0.2) is 0 Å². The van der Waals surface area contributed by atoms with E-state index in [0.29, 0.717) is 25.9 Å². The summed E-state index contributed by atoms with van der Waals surface area (Å²) in [5.74, 6) is -0.00857. The number of carbonyl (C=O) groups excluding carboxylic acids is 2. The van der Waals surface area contributed by atoms with Crippen LogP contribution in [-0.4, -0.2) is 47.4 Å². The van der Waals surface area contributed by atoms with Crippen molar-refractivity contribution in [2.75, 3.05) is 13.2 Å². The van der Waals surface area contributed by atoms with E-state index in [4.69, 9.17) is 4.74 Å². The van der Waals surface area contributed by atoms with Crippen molar-refractivity contribution in [3.8, 4) is 0 Å².